The van der Waals surface area contributed by atoms with Gasteiger partial charge < -0.3 is 28.2 Å². The summed E-state index contributed by atoms with van der Waals surface area (Å²) >= 11 is 0. The van der Waals surface area contributed by atoms with Gasteiger partial charge in [0.15, 0.2) is 12.1 Å². The molecule has 2 aliphatic heterocycles. The molecule has 0 N–H and O–H groups in total. The van der Waals surface area contributed by atoms with Gasteiger partial charge in [-0.1, -0.05) is 17.0 Å². The van der Waals surface area contributed by atoms with Gasteiger partial charge in [0.2, 0.25) is 0 Å². The highest BCUT2D eigenvalue weighted by molar-refractivity contribution is 5.69. The topological polar surface area (TPSA) is 105 Å². The Kier molecular flexibility index (Phi) is 8.72. The van der Waals surface area contributed by atoms with Crippen LogP contribution in [0.15, 0.2) is 41.3 Å². The van der Waals surface area contributed by atoms with E-state index >= 15 is 0 Å². The summed E-state index contributed by atoms with van der Waals surface area (Å²) in [6, 6.07) is 5.58. The third-order valence-corrected chi connectivity index (χ3v) is 6.59. The molecule has 10 nitrogen and oxygen atoms in total. The lowest BCUT2D eigenvalue weighted by Gasteiger charge is -2.37. The fraction of sp³-hybridized carbons (Fsp3) is 0.484. The van der Waals surface area contributed by atoms with Crippen molar-refractivity contribution >= 4 is 6.09 Å². The van der Waals surface area contributed by atoms with Crippen LogP contribution in [0.3, 0.4) is 0 Å². The number of hydrogen-bond donors (Lipinski definition) is 0. The molecule has 0 saturated carbocycles. The zero-order valence-electron chi connectivity index (χ0n) is 23.9. The van der Waals surface area contributed by atoms with Gasteiger partial charge in [0.25, 0.3) is 0 Å². The highest BCUT2D eigenvalue weighted by Crippen LogP contribution is 2.24. The predicted octanol–water partition coefficient (Wildman–Crippen LogP) is 4.81. The third-order valence-electron chi connectivity index (χ3n) is 6.59. The van der Waals surface area contributed by atoms with Crippen LogP contribution >= 0.6 is 0 Å². The smallest absolute Gasteiger partial charge is 0.410 e. The number of rotatable bonds is 6. The van der Waals surface area contributed by atoms with Gasteiger partial charge in [-0.25, -0.2) is 9.78 Å². The number of aromatic nitrogens is 4. The van der Waals surface area contributed by atoms with Crippen LogP contribution in [0, 0.1) is 29.6 Å². The van der Waals surface area contributed by atoms with Crippen LogP contribution in [0.25, 0.3) is 11.5 Å². The molecule has 1 unspecified atom stereocenters. The lowest BCUT2D eigenvalue weighted by Crippen LogP contribution is -2.51. The summed E-state index contributed by atoms with van der Waals surface area (Å²) in [5, 5.41) is 4.22. The minimum atomic E-state index is -0.498. The SMILES string of the molecule is C[C@H](OC1CCCCO1)c1nccn1Cc1cc(-c2ccc(C#CC#CC3CN(C(=O)OC(C)(C)C)C3)cn2)on1. The molecule has 0 aromatic carbocycles. The number of hydrogen-bond acceptors (Lipinski definition) is 8. The molecule has 0 radical (unpaired) electrons. The van der Waals surface area contributed by atoms with Crippen molar-refractivity contribution in [2.24, 2.45) is 5.92 Å². The zero-order chi connectivity index (χ0) is 28.8. The predicted molar refractivity (Wildman–Crippen MR) is 150 cm³/mol. The highest BCUT2D eigenvalue weighted by atomic mass is 16.7. The second-order valence-corrected chi connectivity index (χ2v) is 11.2. The molecule has 1 amide bonds. The van der Waals surface area contributed by atoms with Gasteiger partial charge in [0, 0.05) is 49.9 Å². The Morgan fingerprint density at radius 3 is 2.78 bits per heavy atom. The summed E-state index contributed by atoms with van der Waals surface area (Å²) in [5.74, 6) is 13.3. The van der Waals surface area contributed by atoms with Crippen LogP contribution in [0.4, 0.5) is 4.79 Å². The van der Waals surface area contributed by atoms with Gasteiger partial charge in [-0.05, 0) is 70.9 Å². The Hall–Kier alpha value is -4.12. The first-order valence-electron chi connectivity index (χ1n) is 13.9. The van der Waals surface area contributed by atoms with Gasteiger partial charge in [-0.3, -0.25) is 4.98 Å². The lowest BCUT2D eigenvalue weighted by atomic mass is 10.0. The lowest BCUT2D eigenvalue weighted by molar-refractivity contribution is -0.188. The number of carbonyl (C=O) groups excluding carboxylic acids is 1. The van der Waals surface area contributed by atoms with E-state index in [-0.39, 0.29) is 24.4 Å². The fourth-order valence-electron chi connectivity index (χ4n) is 4.50. The fourth-order valence-corrected chi connectivity index (χ4v) is 4.50. The Morgan fingerprint density at radius 1 is 1.20 bits per heavy atom. The maximum absolute atomic E-state index is 12.0. The van der Waals surface area contributed by atoms with Crippen molar-refractivity contribution < 1.29 is 23.5 Å². The standard InChI is InChI=1S/C31H35N5O5/c1-22(39-28-11-7-8-16-38-28)29-32-14-15-35(29)21-25-17-27(41-34-25)26-13-12-23(18-33-26)9-5-6-10-24-19-36(20-24)30(37)40-31(2,3)4/h12-15,17-18,22,24,28H,7-8,11,16,19-21H2,1-4H3/t22-,28?/m0/s1. The molecule has 214 valence electrons. The van der Waals surface area contributed by atoms with E-state index in [9.17, 15) is 4.79 Å². The van der Waals surface area contributed by atoms with Crippen LogP contribution in [0.2, 0.25) is 0 Å². The first-order chi connectivity index (χ1) is 19.7. The van der Waals surface area contributed by atoms with Crippen LogP contribution < -0.4 is 0 Å². The molecule has 41 heavy (non-hydrogen) atoms. The van der Waals surface area contributed by atoms with Crippen LogP contribution in [0.5, 0.6) is 0 Å². The van der Waals surface area contributed by atoms with Crippen molar-refractivity contribution in [2.45, 2.75) is 71.5 Å². The maximum atomic E-state index is 12.0. The van der Waals surface area contributed by atoms with Crippen molar-refractivity contribution in [3.05, 3.63) is 53.9 Å². The monoisotopic (exact) mass is 557 g/mol. The van der Waals surface area contributed by atoms with E-state index in [1.165, 1.54) is 0 Å². The molecule has 0 aliphatic carbocycles. The van der Waals surface area contributed by atoms with Gasteiger partial charge in [-0.15, -0.1) is 0 Å². The molecule has 2 atom stereocenters. The van der Waals surface area contributed by atoms with Crippen molar-refractivity contribution in [1.82, 2.24) is 24.6 Å². The van der Waals surface area contributed by atoms with E-state index in [1.807, 2.05) is 56.7 Å². The van der Waals surface area contributed by atoms with E-state index in [2.05, 4.69) is 38.8 Å². The number of imidazole rings is 1. The Balaban J connectivity index is 1.12. The Morgan fingerprint density at radius 2 is 2.05 bits per heavy atom. The molecular weight excluding hydrogens is 522 g/mol. The van der Waals surface area contributed by atoms with E-state index in [4.69, 9.17) is 18.7 Å². The molecule has 3 aromatic heterocycles. The van der Waals surface area contributed by atoms with Crippen molar-refractivity contribution in [1.29, 1.82) is 0 Å². The van der Waals surface area contributed by atoms with Crippen LogP contribution in [-0.2, 0) is 20.8 Å². The summed E-state index contributed by atoms with van der Waals surface area (Å²) < 4.78 is 24.7. The summed E-state index contributed by atoms with van der Waals surface area (Å²) in [7, 11) is 0. The highest BCUT2D eigenvalue weighted by Gasteiger charge is 2.32. The third kappa shape index (κ3) is 7.75. The second kappa shape index (κ2) is 12.6. The van der Waals surface area contributed by atoms with Gasteiger partial charge >= 0.3 is 6.09 Å². The molecule has 2 fully saturated rings. The normalized spacial score (nSPS) is 18.0. The first-order valence-corrected chi connectivity index (χ1v) is 13.9. The van der Waals surface area contributed by atoms with Gasteiger partial charge in [0.05, 0.1) is 12.5 Å². The number of amides is 1. The number of pyridine rings is 1. The largest absolute Gasteiger partial charge is 0.444 e. The number of likely N-dealkylation sites (tertiary alicyclic amines) is 1. The summed E-state index contributed by atoms with van der Waals surface area (Å²) in [6.07, 6.45) is 7.74. The molecule has 3 aromatic rings. The number of ether oxygens (including phenoxy) is 3. The summed E-state index contributed by atoms with van der Waals surface area (Å²) in [4.78, 5) is 22.6. The van der Waals surface area contributed by atoms with Crippen molar-refractivity contribution in [2.75, 3.05) is 19.7 Å². The maximum Gasteiger partial charge on any atom is 0.410 e. The van der Waals surface area contributed by atoms with Crippen molar-refractivity contribution in [3.63, 3.8) is 0 Å². The van der Waals surface area contributed by atoms with Crippen LogP contribution in [-0.4, -0.2) is 62.3 Å². The average Bonchev–Trinajstić information content (AvgIpc) is 3.57. The molecule has 0 spiro atoms. The Labute approximate surface area is 240 Å². The number of carbonyl (C=O) groups is 1. The molecule has 10 heteroatoms. The first kappa shape index (κ1) is 28.4. The molecule has 2 aliphatic rings. The van der Waals surface area contributed by atoms with E-state index < -0.39 is 5.60 Å². The van der Waals surface area contributed by atoms with Gasteiger partial charge in [0.1, 0.15) is 28.9 Å². The zero-order valence-corrected chi connectivity index (χ0v) is 23.9. The van der Waals surface area contributed by atoms with E-state index in [0.717, 1.165) is 43.0 Å². The summed E-state index contributed by atoms with van der Waals surface area (Å²) in [5.41, 5.74) is 1.66. The number of nitrogens with zero attached hydrogens (tertiary/aromatic N) is 5. The van der Waals surface area contributed by atoms with Crippen LogP contribution in [0.1, 0.15) is 70.1 Å². The average molecular weight is 558 g/mol. The second-order valence-electron chi connectivity index (χ2n) is 11.2. The minimum Gasteiger partial charge on any atom is -0.444 e. The van der Waals surface area contributed by atoms with Gasteiger partial charge in [-0.2, -0.15) is 0 Å². The minimum absolute atomic E-state index is 0.109. The quantitative estimate of drug-likeness (QED) is 0.398. The summed E-state index contributed by atoms with van der Waals surface area (Å²) in [6.45, 7) is 9.90. The molecule has 0 bridgehead atoms. The van der Waals surface area contributed by atoms with E-state index in [0.29, 0.717) is 31.1 Å². The molecule has 5 rings (SSSR count). The Bertz CT molecular complexity index is 1450. The van der Waals surface area contributed by atoms with E-state index in [1.54, 1.807) is 17.3 Å². The molecule has 2 saturated heterocycles. The van der Waals surface area contributed by atoms with Crippen molar-refractivity contribution in [3.8, 4) is 35.1 Å². The molecular formula is C31H35N5O5. The molecule has 5 heterocycles.